The summed E-state index contributed by atoms with van der Waals surface area (Å²) in [6.07, 6.45) is -2.64. The zero-order valence-electron chi connectivity index (χ0n) is 10.6. The fraction of sp³-hybridized carbons (Fsp3) is 0.667. The molecule has 0 spiro atoms. The van der Waals surface area contributed by atoms with Crippen molar-refractivity contribution in [2.24, 2.45) is 0 Å². The topological polar surface area (TPSA) is 78.9 Å². The average Bonchev–Trinajstić information content (AvgIpc) is 2.22. The van der Waals surface area contributed by atoms with Crippen LogP contribution in [0, 0.1) is 0 Å². The van der Waals surface area contributed by atoms with Crippen molar-refractivity contribution in [1.29, 1.82) is 0 Å². The number of ether oxygens (including phenoxy) is 3. The molecule has 0 atom stereocenters. The second-order valence-corrected chi connectivity index (χ2v) is 2.44. The van der Waals surface area contributed by atoms with E-state index >= 15 is 0 Å². The molecule has 0 radical (unpaired) electrons. The van der Waals surface area contributed by atoms with Gasteiger partial charge in [0.05, 0.1) is 13.7 Å². The molecule has 0 aliphatic carbocycles. The van der Waals surface area contributed by atoms with Crippen LogP contribution in [0.5, 0.6) is 0 Å². The van der Waals surface area contributed by atoms with E-state index in [1.165, 1.54) is 0 Å². The molecule has 6 heteroatoms. The molecule has 6 nitrogen and oxygen atoms in total. The molecule has 0 unspecified atom stereocenters. The summed E-state index contributed by atoms with van der Waals surface area (Å²) in [4.78, 5) is 32.2. The fourth-order valence-electron chi connectivity index (χ4n) is 0.555. The molecule has 0 rings (SSSR count). The summed E-state index contributed by atoms with van der Waals surface area (Å²) in [7, 11) is 1.14. The smallest absolute Gasteiger partial charge is 0.344 e. The van der Waals surface area contributed by atoms with Crippen LogP contribution in [0.1, 0.15) is 22.5 Å². The molecular formula is C9H14O6. The Bertz CT molecular complexity index is 302. The number of hydrogen-bond donors (Lipinski definition) is 0. The monoisotopic (exact) mass is 220 g/mol. The van der Waals surface area contributed by atoms with Gasteiger partial charge in [-0.25, -0.2) is 4.79 Å². The molecule has 0 fully saturated rings. The van der Waals surface area contributed by atoms with Crippen LogP contribution in [-0.2, 0) is 28.6 Å². The van der Waals surface area contributed by atoms with Gasteiger partial charge in [-0.1, -0.05) is 0 Å². The summed E-state index contributed by atoms with van der Waals surface area (Å²) >= 11 is 0. The molecule has 0 aromatic carbocycles. The summed E-state index contributed by atoms with van der Waals surface area (Å²) in [5.74, 6) is -2.29. The molecular weight excluding hydrogens is 204 g/mol. The van der Waals surface area contributed by atoms with Crippen molar-refractivity contribution in [3.05, 3.63) is 0 Å². The highest BCUT2D eigenvalue weighted by atomic mass is 16.6. The third-order valence-corrected chi connectivity index (χ3v) is 1.23. The maximum atomic E-state index is 11.1. The van der Waals surface area contributed by atoms with Gasteiger partial charge >= 0.3 is 17.9 Å². The fourth-order valence-corrected chi connectivity index (χ4v) is 0.555. The molecule has 0 aromatic heterocycles. The van der Waals surface area contributed by atoms with Crippen molar-refractivity contribution >= 4 is 17.9 Å². The van der Waals surface area contributed by atoms with Gasteiger partial charge in [0.15, 0.2) is 6.61 Å². The summed E-state index contributed by atoms with van der Waals surface area (Å²) < 4.78 is 27.8. The molecule has 0 saturated carbocycles. The predicted molar refractivity (Wildman–Crippen MR) is 48.8 cm³/mol. The average molecular weight is 220 g/mol. The van der Waals surface area contributed by atoms with E-state index < -0.39 is 43.9 Å². The van der Waals surface area contributed by atoms with Crippen molar-refractivity contribution in [2.75, 3.05) is 20.3 Å². The highest BCUT2D eigenvalue weighted by molar-refractivity contribution is 5.76. The van der Waals surface area contributed by atoms with Crippen LogP contribution in [0.2, 0.25) is 0 Å². The third kappa shape index (κ3) is 8.73. The van der Waals surface area contributed by atoms with E-state index in [1.807, 2.05) is 0 Å². The highest BCUT2D eigenvalue weighted by Gasteiger charge is 2.07. The number of carbonyl (C=O) groups is 3. The Labute approximate surface area is 90.3 Å². The van der Waals surface area contributed by atoms with Gasteiger partial charge in [-0.3, -0.25) is 9.59 Å². The second kappa shape index (κ2) is 7.78. The minimum Gasteiger partial charge on any atom is -0.466 e. The van der Waals surface area contributed by atoms with Crippen molar-refractivity contribution in [2.45, 2.75) is 19.7 Å². The van der Waals surface area contributed by atoms with Crippen molar-refractivity contribution in [3.63, 3.8) is 0 Å². The number of methoxy groups -OCH3 is 1. The van der Waals surface area contributed by atoms with Crippen molar-refractivity contribution in [1.82, 2.24) is 0 Å². The summed E-state index contributed by atoms with van der Waals surface area (Å²) in [6, 6.07) is 0. The maximum Gasteiger partial charge on any atom is 0.344 e. The standard InChI is InChI=1S/C9H14O6/c1-7(10)14-5-3-4-8(11)15-6-9(12)13-2/h3-6H2,1-2H3/i3D2. The Balaban J connectivity index is 4.00. The lowest BCUT2D eigenvalue weighted by Gasteiger charge is -2.03. The number of hydrogen-bond acceptors (Lipinski definition) is 6. The SMILES string of the molecule is [2H]C([2H])(COC(C)=O)CC(=O)OCC(=O)OC. The second-order valence-electron chi connectivity index (χ2n) is 2.44. The molecule has 0 saturated heterocycles. The largest absolute Gasteiger partial charge is 0.466 e. The predicted octanol–water partition coefficient (Wildman–Crippen LogP) is 0.0459. The Kier molecular flexibility index (Phi) is 5.16. The Morgan fingerprint density at radius 1 is 1.20 bits per heavy atom. The zero-order chi connectivity index (χ0) is 13.5. The molecule has 86 valence electrons. The number of carbonyl (C=O) groups excluding carboxylic acids is 3. The van der Waals surface area contributed by atoms with Gasteiger partial charge in [-0.15, -0.1) is 0 Å². The Morgan fingerprint density at radius 2 is 1.87 bits per heavy atom. The van der Waals surface area contributed by atoms with E-state index in [9.17, 15) is 14.4 Å². The summed E-state index contributed by atoms with van der Waals surface area (Å²) in [5.41, 5.74) is 0. The van der Waals surface area contributed by atoms with Crippen LogP contribution in [-0.4, -0.2) is 38.2 Å². The van der Waals surface area contributed by atoms with Crippen LogP contribution in [0.4, 0.5) is 0 Å². The van der Waals surface area contributed by atoms with Gasteiger partial charge in [0, 0.05) is 16.1 Å². The molecule has 0 bridgehead atoms. The number of esters is 3. The highest BCUT2D eigenvalue weighted by Crippen LogP contribution is 1.94. The number of rotatable bonds is 6. The zero-order valence-corrected chi connectivity index (χ0v) is 8.57. The lowest BCUT2D eigenvalue weighted by Crippen LogP contribution is -2.15. The van der Waals surface area contributed by atoms with Gasteiger partial charge < -0.3 is 14.2 Å². The van der Waals surface area contributed by atoms with Gasteiger partial charge in [-0.05, 0) is 6.37 Å². The lowest BCUT2D eigenvalue weighted by atomic mass is 10.3. The van der Waals surface area contributed by atoms with E-state index in [2.05, 4.69) is 14.2 Å². The minimum absolute atomic E-state index is 0.546. The Hall–Kier alpha value is -1.59. The summed E-state index contributed by atoms with van der Waals surface area (Å²) in [5, 5.41) is 0. The quantitative estimate of drug-likeness (QED) is 0.464. The Morgan fingerprint density at radius 3 is 2.40 bits per heavy atom. The third-order valence-electron chi connectivity index (χ3n) is 1.23. The molecule has 0 aromatic rings. The molecule has 0 aliphatic heterocycles. The van der Waals surface area contributed by atoms with Crippen LogP contribution in [0.25, 0.3) is 0 Å². The molecule has 15 heavy (non-hydrogen) atoms. The molecule has 0 aliphatic rings. The van der Waals surface area contributed by atoms with E-state index in [0.717, 1.165) is 14.0 Å². The van der Waals surface area contributed by atoms with Crippen molar-refractivity contribution in [3.8, 4) is 0 Å². The minimum atomic E-state index is -2.03. The summed E-state index contributed by atoms with van der Waals surface area (Å²) in [6.45, 7) is 0.0142. The normalized spacial score (nSPS) is 12.1. The maximum absolute atomic E-state index is 11.1. The van der Waals surface area contributed by atoms with Crippen LogP contribution in [0.3, 0.4) is 0 Å². The van der Waals surface area contributed by atoms with Gasteiger partial charge in [0.1, 0.15) is 0 Å². The van der Waals surface area contributed by atoms with Crippen LogP contribution >= 0.6 is 0 Å². The van der Waals surface area contributed by atoms with Gasteiger partial charge in [-0.2, -0.15) is 0 Å². The first-order valence-electron chi connectivity index (χ1n) is 5.12. The first kappa shape index (κ1) is 9.95. The van der Waals surface area contributed by atoms with E-state index in [-0.39, 0.29) is 0 Å². The first-order chi connectivity index (χ1) is 7.76. The molecule has 0 amide bonds. The van der Waals surface area contributed by atoms with Gasteiger partial charge in [0.2, 0.25) is 0 Å². The first-order valence-corrected chi connectivity index (χ1v) is 4.12. The van der Waals surface area contributed by atoms with Crippen LogP contribution in [0.15, 0.2) is 0 Å². The van der Waals surface area contributed by atoms with Gasteiger partial charge in [0.25, 0.3) is 0 Å². The molecule has 0 N–H and O–H groups in total. The van der Waals surface area contributed by atoms with E-state index in [1.54, 1.807) is 0 Å². The van der Waals surface area contributed by atoms with Crippen molar-refractivity contribution < 1.29 is 31.3 Å². The molecule has 0 heterocycles. The van der Waals surface area contributed by atoms with E-state index in [4.69, 9.17) is 2.74 Å². The lowest BCUT2D eigenvalue weighted by molar-refractivity contribution is -0.157. The van der Waals surface area contributed by atoms with Crippen LogP contribution < -0.4 is 0 Å². The van der Waals surface area contributed by atoms with E-state index in [0.29, 0.717) is 0 Å².